The molecular formula is C34H32ClN5O3. The average molecular weight is 594 g/mol. The molecule has 1 N–H and O–H groups in total. The minimum absolute atomic E-state index is 0.144. The second kappa shape index (κ2) is 12.2. The van der Waals surface area contributed by atoms with Gasteiger partial charge < -0.3 is 24.1 Å². The maximum Gasteiger partial charge on any atom is 0.267 e. The fraction of sp³-hybridized carbons (Fsp3) is 0.206. The molecule has 0 aliphatic carbocycles. The lowest BCUT2D eigenvalue weighted by molar-refractivity contribution is 0.0943. The van der Waals surface area contributed by atoms with E-state index >= 15 is 0 Å². The van der Waals surface area contributed by atoms with Gasteiger partial charge in [0.15, 0.2) is 0 Å². The van der Waals surface area contributed by atoms with E-state index in [9.17, 15) is 9.59 Å². The normalized spacial score (nSPS) is 12.3. The Morgan fingerprint density at radius 1 is 1.00 bits per heavy atom. The molecule has 0 atom stereocenters. The van der Waals surface area contributed by atoms with Crippen molar-refractivity contribution < 1.29 is 14.3 Å². The van der Waals surface area contributed by atoms with Crippen molar-refractivity contribution in [2.75, 3.05) is 18.6 Å². The number of amides is 2. The highest BCUT2D eigenvalue weighted by atomic mass is 35.5. The fourth-order valence-corrected chi connectivity index (χ4v) is 5.89. The van der Waals surface area contributed by atoms with Gasteiger partial charge in [0.05, 0.1) is 32.1 Å². The summed E-state index contributed by atoms with van der Waals surface area (Å²) in [5.41, 5.74) is 6.36. The van der Waals surface area contributed by atoms with Crippen molar-refractivity contribution >= 4 is 29.1 Å². The van der Waals surface area contributed by atoms with Gasteiger partial charge in [0.25, 0.3) is 11.8 Å². The Hall–Kier alpha value is -4.82. The second-order valence-corrected chi connectivity index (χ2v) is 11.0. The molecule has 1 aliphatic heterocycles. The fourth-order valence-electron chi connectivity index (χ4n) is 5.63. The Morgan fingerprint density at radius 3 is 2.60 bits per heavy atom. The number of ether oxygens (including phenoxy) is 1. The summed E-state index contributed by atoms with van der Waals surface area (Å²) in [4.78, 5) is 33.3. The Bertz CT molecular complexity index is 1790. The minimum Gasteiger partial charge on any atom is -0.496 e. The molecule has 0 spiro atoms. The lowest BCUT2D eigenvalue weighted by atomic mass is 9.98. The third-order valence-corrected chi connectivity index (χ3v) is 8.19. The molecule has 0 bridgehead atoms. The number of halogens is 1. The van der Waals surface area contributed by atoms with Gasteiger partial charge in [0.2, 0.25) is 0 Å². The summed E-state index contributed by atoms with van der Waals surface area (Å²) < 4.78 is 9.71. The Labute approximate surface area is 255 Å². The van der Waals surface area contributed by atoms with Crippen molar-refractivity contribution in [3.05, 3.63) is 125 Å². The molecule has 43 heavy (non-hydrogen) atoms. The van der Waals surface area contributed by atoms with Crippen LogP contribution in [0.5, 0.6) is 5.75 Å². The molecule has 0 saturated carbocycles. The van der Waals surface area contributed by atoms with Gasteiger partial charge in [-0.15, -0.1) is 0 Å². The van der Waals surface area contributed by atoms with Crippen LogP contribution in [0.25, 0.3) is 11.1 Å². The number of hydrogen-bond donors (Lipinski definition) is 1. The number of methoxy groups -OCH3 is 1. The number of fused-ring (bicyclic) bond motifs is 2. The lowest BCUT2D eigenvalue weighted by Crippen LogP contribution is -2.31. The largest absolute Gasteiger partial charge is 0.496 e. The number of nitrogens with zero attached hydrogens (tertiary/aromatic N) is 4. The monoisotopic (exact) mass is 593 g/mol. The molecule has 0 fully saturated rings. The predicted molar refractivity (Wildman–Crippen MR) is 168 cm³/mol. The van der Waals surface area contributed by atoms with Crippen LogP contribution < -0.4 is 15.0 Å². The minimum atomic E-state index is -0.234. The van der Waals surface area contributed by atoms with Crippen molar-refractivity contribution in [3.63, 3.8) is 0 Å². The summed E-state index contributed by atoms with van der Waals surface area (Å²) in [7, 11) is 1.56. The van der Waals surface area contributed by atoms with Gasteiger partial charge in [0, 0.05) is 47.5 Å². The van der Waals surface area contributed by atoms with Crippen LogP contribution in [0.2, 0.25) is 5.02 Å². The first-order valence-corrected chi connectivity index (χ1v) is 14.6. The van der Waals surface area contributed by atoms with E-state index in [1.54, 1.807) is 30.6 Å². The number of aromatic nitrogens is 3. The molecule has 2 amide bonds. The molecule has 3 heterocycles. The molecule has 0 unspecified atom stereocenters. The standard InChI is InChI=1S/C34H32ClN5O3/c1-23-8-3-5-10-26(23)27-19-32(43-2)28(18-29(27)35)34(42)40-21-25-12-13-31(39(25)20-24-9-4-6-11-30(24)40)33(41)37-14-7-16-38-17-15-36-22-38/h3-6,8-13,15,17-19,22H,7,14,16,20-21H2,1-2H3,(H,37,41). The van der Waals surface area contributed by atoms with Crippen molar-refractivity contribution in [2.24, 2.45) is 0 Å². The van der Waals surface area contributed by atoms with Gasteiger partial charge in [-0.25, -0.2) is 4.98 Å². The first kappa shape index (κ1) is 28.3. The van der Waals surface area contributed by atoms with Crippen LogP contribution in [-0.2, 0) is 19.6 Å². The Kier molecular flexibility index (Phi) is 8.03. The van der Waals surface area contributed by atoms with Crippen molar-refractivity contribution in [3.8, 4) is 16.9 Å². The molecule has 5 aromatic rings. The van der Waals surface area contributed by atoms with Crippen LogP contribution in [0.3, 0.4) is 0 Å². The maximum atomic E-state index is 14.3. The van der Waals surface area contributed by atoms with Gasteiger partial charge in [0.1, 0.15) is 11.4 Å². The number of anilines is 1. The highest BCUT2D eigenvalue weighted by Gasteiger charge is 2.29. The van der Waals surface area contributed by atoms with Gasteiger partial charge in [-0.3, -0.25) is 9.59 Å². The smallest absolute Gasteiger partial charge is 0.267 e. The zero-order valence-corrected chi connectivity index (χ0v) is 24.8. The number of carbonyl (C=O) groups excluding carboxylic acids is 2. The van der Waals surface area contributed by atoms with Crippen LogP contribution in [0.15, 0.2) is 91.5 Å². The van der Waals surface area contributed by atoms with E-state index < -0.39 is 0 Å². The van der Waals surface area contributed by atoms with E-state index in [4.69, 9.17) is 16.3 Å². The number of imidazole rings is 1. The SMILES string of the molecule is COc1cc(-c2ccccc2C)c(Cl)cc1C(=O)N1Cc2ccc(C(=O)NCCCn3ccnc3)n2Cc2ccccc21. The van der Waals surface area contributed by atoms with Crippen molar-refractivity contribution in [1.29, 1.82) is 0 Å². The molecule has 8 nitrogen and oxygen atoms in total. The van der Waals surface area contributed by atoms with Crippen LogP contribution >= 0.6 is 11.6 Å². The van der Waals surface area contributed by atoms with E-state index in [0.717, 1.165) is 46.6 Å². The predicted octanol–water partition coefficient (Wildman–Crippen LogP) is 6.35. The van der Waals surface area contributed by atoms with Gasteiger partial charge >= 0.3 is 0 Å². The Morgan fingerprint density at radius 2 is 1.81 bits per heavy atom. The first-order chi connectivity index (χ1) is 20.9. The summed E-state index contributed by atoms with van der Waals surface area (Å²) in [6.07, 6.45) is 6.20. The lowest BCUT2D eigenvalue weighted by Gasteiger charge is -2.24. The molecular weight excluding hydrogens is 562 g/mol. The summed E-state index contributed by atoms with van der Waals surface area (Å²) in [5, 5.41) is 3.51. The van der Waals surface area contributed by atoms with E-state index in [0.29, 0.717) is 35.1 Å². The second-order valence-electron chi connectivity index (χ2n) is 10.6. The molecule has 0 radical (unpaired) electrons. The molecule has 3 aromatic carbocycles. The van der Waals surface area contributed by atoms with E-state index in [2.05, 4.69) is 10.3 Å². The third-order valence-electron chi connectivity index (χ3n) is 7.87. The topological polar surface area (TPSA) is 81.4 Å². The maximum absolute atomic E-state index is 14.3. The molecule has 9 heteroatoms. The molecule has 6 rings (SSSR count). The van der Waals surface area contributed by atoms with Gasteiger partial charge in [-0.1, -0.05) is 54.1 Å². The third kappa shape index (κ3) is 5.66. The highest BCUT2D eigenvalue weighted by Crippen LogP contribution is 2.38. The number of rotatable bonds is 8. The van der Waals surface area contributed by atoms with E-state index in [1.807, 2.05) is 89.0 Å². The van der Waals surface area contributed by atoms with Crippen LogP contribution in [0.1, 0.15) is 44.1 Å². The Balaban J connectivity index is 1.29. The van der Waals surface area contributed by atoms with Crippen LogP contribution in [0.4, 0.5) is 5.69 Å². The first-order valence-electron chi connectivity index (χ1n) is 14.2. The van der Waals surface area contributed by atoms with E-state index in [-0.39, 0.29) is 18.4 Å². The van der Waals surface area contributed by atoms with Crippen molar-refractivity contribution in [1.82, 2.24) is 19.4 Å². The molecule has 0 saturated heterocycles. The zero-order valence-electron chi connectivity index (χ0n) is 24.1. The average Bonchev–Trinajstić information content (AvgIpc) is 3.65. The molecule has 218 valence electrons. The van der Waals surface area contributed by atoms with Gasteiger partial charge in [-0.05, 0) is 60.4 Å². The summed E-state index contributed by atoms with van der Waals surface area (Å²) in [5.74, 6) is 0.0672. The summed E-state index contributed by atoms with van der Waals surface area (Å²) in [6, 6.07) is 23.0. The van der Waals surface area contributed by atoms with E-state index in [1.165, 1.54) is 0 Å². The highest BCUT2D eigenvalue weighted by molar-refractivity contribution is 6.34. The molecule has 2 aromatic heterocycles. The quantitative estimate of drug-likeness (QED) is 0.213. The number of para-hydroxylation sites is 1. The van der Waals surface area contributed by atoms with Gasteiger partial charge in [-0.2, -0.15) is 0 Å². The van der Waals surface area contributed by atoms with Crippen molar-refractivity contribution in [2.45, 2.75) is 33.0 Å². The number of carbonyl (C=O) groups is 2. The molecule has 1 aliphatic rings. The summed E-state index contributed by atoms with van der Waals surface area (Å²) in [6.45, 7) is 4.08. The number of aryl methyl sites for hydroxylation is 2. The van der Waals surface area contributed by atoms with Crippen LogP contribution in [0, 0.1) is 6.92 Å². The number of benzene rings is 3. The number of hydrogen-bond acceptors (Lipinski definition) is 4. The zero-order chi connectivity index (χ0) is 29.9. The van der Waals surface area contributed by atoms with Crippen LogP contribution in [-0.4, -0.2) is 39.6 Å². The number of nitrogens with one attached hydrogen (secondary N) is 1. The summed E-state index contributed by atoms with van der Waals surface area (Å²) >= 11 is 6.80.